The van der Waals surface area contributed by atoms with E-state index in [1.54, 1.807) is 6.07 Å². The van der Waals surface area contributed by atoms with E-state index in [0.717, 1.165) is 42.5 Å². The molecule has 0 bridgehead atoms. The Labute approximate surface area is 123 Å². The van der Waals surface area contributed by atoms with Crippen LogP contribution >= 0.6 is 0 Å². The van der Waals surface area contributed by atoms with Gasteiger partial charge >= 0.3 is 5.97 Å². The number of ether oxygens (including phenoxy) is 1. The van der Waals surface area contributed by atoms with Gasteiger partial charge in [0.25, 0.3) is 0 Å². The van der Waals surface area contributed by atoms with Gasteiger partial charge < -0.3 is 15.2 Å². The molecule has 0 radical (unpaired) electrons. The van der Waals surface area contributed by atoms with Crippen molar-refractivity contribution in [3.63, 3.8) is 0 Å². The average Bonchev–Trinajstić information content (AvgIpc) is 2.53. The number of rotatable bonds is 4. The number of nitrogens with one attached hydrogen (secondary N) is 1. The second kappa shape index (κ2) is 6.14. The highest BCUT2D eigenvalue weighted by Gasteiger charge is 2.15. The topological polar surface area (TPSA) is 58.6 Å². The van der Waals surface area contributed by atoms with Gasteiger partial charge in [0.1, 0.15) is 0 Å². The molecule has 1 aliphatic rings. The highest BCUT2D eigenvalue weighted by Crippen LogP contribution is 2.27. The third kappa shape index (κ3) is 3.00. The lowest BCUT2D eigenvalue weighted by Gasteiger charge is -2.23. The zero-order valence-corrected chi connectivity index (χ0v) is 11.8. The minimum absolute atomic E-state index is 0.247. The maximum atomic E-state index is 11.3. The van der Waals surface area contributed by atoms with Gasteiger partial charge in [-0.25, -0.2) is 4.79 Å². The van der Waals surface area contributed by atoms with Crippen LogP contribution in [0.1, 0.15) is 29.6 Å². The number of anilines is 1. The van der Waals surface area contributed by atoms with Gasteiger partial charge in [0.2, 0.25) is 0 Å². The summed E-state index contributed by atoms with van der Waals surface area (Å²) < 4.78 is 5.72. The summed E-state index contributed by atoms with van der Waals surface area (Å²) in [5, 5.41) is 14.4. The minimum atomic E-state index is -0.895. The molecule has 21 heavy (non-hydrogen) atoms. The van der Waals surface area contributed by atoms with Crippen molar-refractivity contribution in [2.75, 3.05) is 18.5 Å². The third-order valence-electron chi connectivity index (χ3n) is 3.95. The predicted octanol–water partition coefficient (Wildman–Crippen LogP) is 3.52. The molecule has 110 valence electrons. The molecule has 4 heteroatoms. The molecular formula is C17H19NO3. The summed E-state index contributed by atoms with van der Waals surface area (Å²) in [4.78, 5) is 11.3. The first-order valence-corrected chi connectivity index (χ1v) is 7.36. The van der Waals surface area contributed by atoms with Gasteiger partial charge in [0, 0.05) is 24.2 Å². The van der Waals surface area contributed by atoms with Crippen LogP contribution in [0, 0.1) is 0 Å². The third-order valence-corrected chi connectivity index (χ3v) is 3.95. The summed E-state index contributed by atoms with van der Waals surface area (Å²) >= 11 is 0. The standard InChI is InChI=1S/C17H19NO3/c19-17(20)15-8-9-16(14-7-2-1-6-13(14)15)18-11-12-5-3-4-10-21-12/h1-2,6-9,12,18H,3-5,10-11H2,(H,19,20). The molecule has 0 aromatic heterocycles. The van der Waals surface area contributed by atoms with Crippen molar-refractivity contribution in [3.8, 4) is 0 Å². The van der Waals surface area contributed by atoms with Gasteiger partial charge in [0.05, 0.1) is 11.7 Å². The van der Waals surface area contributed by atoms with E-state index in [4.69, 9.17) is 4.74 Å². The number of aromatic carboxylic acids is 1. The Bertz CT molecular complexity index is 648. The maximum absolute atomic E-state index is 11.3. The van der Waals surface area contributed by atoms with Crippen LogP contribution in [-0.4, -0.2) is 30.3 Å². The van der Waals surface area contributed by atoms with Crippen molar-refractivity contribution >= 4 is 22.4 Å². The molecule has 0 amide bonds. The number of hydrogen-bond acceptors (Lipinski definition) is 3. The normalized spacial score (nSPS) is 18.6. The number of fused-ring (bicyclic) bond motifs is 1. The SMILES string of the molecule is O=C(O)c1ccc(NCC2CCCCO2)c2ccccc12. The van der Waals surface area contributed by atoms with E-state index in [0.29, 0.717) is 5.56 Å². The van der Waals surface area contributed by atoms with Gasteiger partial charge in [0.15, 0.2) is 0 Å². The molecule has 2 N–H and O–H groups in total. The van der Waals surface area contributed by atoms with Gasteiger partial charge in [-0.2, -0.15) is 0 Å². The van der Waals surface area contributed by atoms with E-state index in [-0.39, 0.29) is 6.10 Å². The fraction of sp³-hybridized carbons (Fsp3) is 0.353. The average molecular weight is 285 g/mol. The molecule has 3 rings (SSSR count). The highest BCUT2D eigenvalue weighted by molar-refractivity contribution is 6.07. The van der Waals surface area contributed by atoms with Gasteiger partial charge in [-0.15, -0.1) is 0 Å². The quantitative estimate of drug-likeness (QED) is 0.902. The first-order chi connectivity index (χ1) is 10.3. The lowest BCUT2D eigenvalue weighted by molar-refractivity contribution is 0.0248. The van der Waals surface area contributed by atoms with Crippen molar-refractivity contribution in [1.82, 2.24) is 0 Å². The minimum Gasteiger partial charge on any atom is -0.478 e. The Morgan fingerprint density at radius 1 is 1.19 bits per heavy atom. The smallest absolute Gasteiger partial charge is 0.336 e. The zero-order valence-electron chi connectivity index (χ0n) is 11.8. The van der Waals surface area contributed by atoms with Gasteiger partial charge in [-0.05, 0) is 36.8 Å². The summed E-state index contributed by atoms with van der Waals surface area (Å²) in [6.07, 6.45) is 3.69. The number of carboxylic acid groups (broad SMARTS) is 1. The van der Waals surface area contributed by atoms with Crippen LogP contribution in [0.2, 0.25) is 0 Å². The predicted molar refractivity (Wildman–Crippen MR) is 83.0 cm³/mol. The number of carboxylic acids is 1. The lowest BCUT2D eigenvalue weighted by atomic mass is 10.0. The molecule has 2 aromatic rings. The van der Waals surface area contributed by atoms with E-state index >= 15 is 0 Å². The number of carbonyl (C=O) groups is 1. The molecule has 1 heterocycles. The Balaban J connectivity index is 1.85. The van der Waals surface area contributed by atoms with Gasteiger partial charge in [-0.3, -0.25) is 0 Å². The Kier molecular flexibility index (Phi) is 4.06. The summed E-state index contributed by atoms with van der Waals surface area (Å²) in [5.41, 5.74) is 1.30. The fourth-order valence-electron chi connectivity index (χ4n) is 2.83. The number of hydrogen-bond donors (Lipinski definition) is 2. The number of benzene rings is 2. The molecule has 4 nitrogen and oxygen atoms in total. The largest absolute Gasteiger partial charge is 0.478 e. The monoisotopic (exact) mass is 285 g/mol. The van der Waals surface area contributed by atoms with Crippen molar-refractivity contribution in [1.29, 1.82) is 0 Å². The van der Waals surface area contributed by atoms with Crippen molar-refractivity contribution in [3.05, 3.63) is 42.0 Å². The Morgan fingerprint density at radius 3 is 2.71 bits per heavy atom. The van der Waals surface area contributed by atoms with E-state index in [1.807, 2.05) is 30.3 Å². The molecular weight excluding hydrogens is 266 g/mol. The molecule has 2 aromatic carbocycles. The van der Waals surface area contributed by atoms with Crippen molar-refractivity contribution in [2.24, 2.45) is 0 Å². The molecule has 1 unspecified atom stereocenters. The maximum Gasteiger partial charge on any atom is 0.336 e. The van der Waals surface area contributed by atoms with E-state index < -0.39 is 5.97 Å². The van der Waals surface area contributed by atoms with Crippen LogP contribution in [0.15, 0.2) is 36.4 Å². The van der Waals surface area contributed by atoms with Crippen LogP contribution in [0.3, 0.4) is 0 Å². The molecule has 1 saturated heterocycles. The van der Waals surface area contributed by atoms with Crippen LogP contribution in [0.4, 0.5) is 5.69 Å². The van der Waals surface area contributed by atoms with Crippen LogP contribution in [0.25, 0.3) is 10.8 Å². The summed E-state index contributed by atoms with van der Waals surface area (Å²) in [6.45, 7) is 1.60. The van der Waals surface area contributed by atoms with E-state index in [1.165, 1.54) is 6.42 Å². The second-order valence-corrected chi connectivity index (χ2v) is 5.38. The highest BCUT2D eigenvalue weighted by atomic mass is 16.5. The zero-order chi connectivity index (χ0) is 14.7. The second-order valence-electron chi connectivity index (χ2n) is 5.38. The van der Waals surface area contributed by atoms with Crippen LogP contribution in [0.5, 0.6) is 0 Å². The molecule has 0 saturated carbocycles. The fourth-order valence-corrected chi connectivity index (χ4v) is 2.83. The van der Waals surface area contributed by atoms with Gasteiger partial charge in [-0.1, -0.05) is 24.3 Å². The molecule has 1 atom stereocenters. The van der Waals surface area contributed by atoms with Crippen LogP contribution < -0.4 is 5.32 Å². The van der Waals surface area contributed by atoms with Crippen LogP contribution in [-0.2, 0) is 4.74 Å². The van der Waals surface area contributed by atoms with E-state index in [9.17, 15) is 9.90 Å². The first-order valence-electron chi connectivity index (χ1n) is 7.36. The summed E-state index contributed by atoms with van der Waals surface area (Å²) in [5.74, 6) is -0.895. The summed E-state index contributed by atoms with van der Waals surface area (Å²) in [6, 6.07) is 11.1. The summed E-state index contributed by atoms with van der Waals surface area (Å²) in [7, 11) is 0. The molecule has 0 spiro atoms. The molecule has 1 fully saturated rings. The molecule has 1 aliphatic heterocycles. The Hall–Kier alpha value is -2.07. The van der Waals surface area contributed by atoms with Crippen molar-refractivity contribution in [2.45, 2.75) is 25.4 Å². The first kappa shape index (κ1) is 13.9. The van der Waals surface area contributed by atoms with Crippen molar-refractivity contribution < 1.29 is 14.6 Å². The Morgan fingerprint density at radius 2 is 2.00 bits per heavy atom. The molecule has 0 aliphatic carbocycles. The lowest BCUT2D eigenvalue weighted by Crippen LogP contribution is -2.27. The van der Waals surface area contributed by atoms with E-state index in [2.05, 4.69) is 5.32 Å².